The van der Waals surface area contributed by atoms with Crippen LogP contribution >= 0.6 is 0 Å². The predicted octanol–water partition coefficient (Wildman–Crippen LogP) is 3.86. The minimum Gasteiger partial charge on any atom is -0.481 e. The van der Waals surface area contributed by atoms with Crippen LogP contribution in [0.4, 0.5) is 5.69 Å². The van der Waals surface area contributed by atoms with Gasteiger partial charge in [-0.05, 0) is 44.4 Å². The number of aryl methyl sites for hydroxylation is 1. The molecule has 3 nitrogen and oxygen atoms in total. The Bertz CT molecular complexity index is 464. The molecule has 1 aliphatic rings. The molecule has 0 amide bonds. The minimum atomic E-state index is -0.622. The molecule has 1 N–H and O–H groups in total. The highest BCUT2D eigenvalue weighted by Crippen LogP contribution is 2.38. The van der Waals surface area contributed by atoms with Crippen LogP contribution in [0.3, 0.4) is 0 Å². The van der Waals surface area contributed by atoms with E-state index in [1.165, 1.54) is 12.0 Å². The number of anilines is 1. The second kappa shape index (κ2) is 6.29. The molecule has 0 spiro atoms. The van der Waals surface area contributed by atoms with E-state index in [4.69, 9.17) is 0 Å². The fraction of sp³-hybridized carbons (Fsp3) is 0.588. The first kappa shape index (κ1) is 14.9. The van der Waals surface area contributed by atoms with Crippen molar-refractivity contribution in [3.8, 4) is 0 Å². The summed E-state index contributed by atoms with van der Waals surface area (Å²) < 4.78 is 0. The summed E-state index contributed by atoms with van der Waals surface area (Å²) in [6.07, 6.45) is 4.87. The molecule has 3 heteroatoms. The lowest BCUT2D eigenvalue weighted by Crippen LogP contribution is -2.44. The number of carboxylic acids is 1. The zero-order chi connectivity index (χ0) is 14.6. The quantitative estimate of drug-likeness (QED) is 0.887. The third-order valence-corrected chi connectivity index (χ3v) is 4.51. The standard InChI is InChI=1S/C17H25NO2/c1-3-18(15-9-7-8-14(2)12-15)13-17(16(19)20)10-5-4-6-11-17/h7-9,12H,3-6,10-11,13H2,1-2H3,(H,19,20). The van der Waals surface area contributed by atoms with Crippen LogP contribution < -0.4 is 4.90 Å². The Labute approximate surface area is 121 Å². The molecule has 0 aliphatic heterocycles. The molecule has 1 aromatic rings. The number of carboxylic acid groups (broad SMARTS) is 1. The van der Waals surface area contributed by atoms with Gasteiger partial charge in [-0.3, -0.25) is 4.79 Å². The van der Waals surface area contributed by atoms with Gasteiger partial charge in [0.1, 0.15) is 0 Å². The molecule has 2 rings (SSSR count). The Morgan fingerprint density at radius 2 is 2.00 bits per heavy atom. The molecule has 110 valence electrons. The molecule has 0 radical (unpaired) electrons. The SMILES string of the molecule is CCN(CC1(C(=O)O)CCCCC1)c1cccc(C)c1. The molecular formula is C17H25NO2. The normalized spacial score (nSPS) is 17.7. The summed E-state index contributed by atoms with van der Waals surface area (Å²) in [5, 5.41) is 9.71. The Hall–Kier alpha value is -1.51. The second-order valence-corrected chi connectivity index (χ2v) is 6.00. The van der Waals surface area contributed by atoms with Crippen molar-refractivity contribution in [2.24, 2.45) is 5.41 Å². The van der Waals surface area contributed by atoms with Crippen molar-refractivity contribution in [2.45, 2.75) is 46.0 Å². The van der Waals surface area contributed by atoms with Crippen molar-refractivity contribution >= 4 is 11.7 Å². The number of hydrogen-bond acceptors (Lipinski definition) is 2. The van der Waals surface area contributed by atoms with E-state index in [9.17, 15) is 9.90 Å². The summed E-state index contributed by atoms with van der Waals surface area (Å²) in [5.41, 5.74) is 1.80. The van der Waals surface area contributed by atoms with Gasteiger partial charge in [-0.25, -0.2) is 0 Å². The van der Waals surface area contributed by atoms with Crippen LogP contribution in [0.25, 0.3) is 0 Å². The van der Waals surface area contributed by atoms with Crippen LogP contribution in [0.5, 0.6) is 0 Å². The topological polar surface area (TPSA) is 40.5 Å². The van der Waals surface area contributed by atoms with Gasteiger partial charge in [0.25, 0.3) is 0 Å². The molecular weight excluding hydrogens is 250 g/mol. The maximum atomic E-state index is 11.8. The average molecular weight is 275 g/mol. The van der Waals surface area contributed by atoms with Gasteiger partial charge in [0, 0.05) is 18.8 Å². The molecule has 1 aromatic carbocycles. The molecule has 0 heterocycles. The van der Waals surface area contributed by atoms with Crippen molar-refractivity contribution in [3.05, 3.63) is 29.8 Å². The monoisotopic (exact) mass is 275 g/mol. The summed E-state index contributed by atoms with van der Waals surface area (Å²) in [4.78, 5) is 14.0. The van der Waals surface area contributed by atoms with Crippen LogP contribution in [-0.4, -0.2) is 24.2 Å². The summed E-state index contributed by atoms with van der Waals surface area (Å²) >= 11 is 0. The molecule has 0 saturated heterocycles. The highest BCUT2D eigenvalue weighted by molar-refractivity contribution is 5.76. The van der Waals surface area contributed by atoms with Gasteiger partial charge in [-0.2, -0.15) is 0 Å². The lowest BCUT2D eigenvalue weighted by molar-refractivity contribution is -0.150. The fourth-order valence-electron chi connectivity index (χ4n) is 3.24. The van der Waals surface area contributed by atoms with Gasteiger partial charge in [-0.15, -0.1) is 0 Å². The van der Waals surface area contributed by atoms with E-state index in [1.807, 2.05) is 6.07 Å². The van der Waals surface area contributed by atoms with Crippen molar-refractivity contribution in [3.63, 3.8) is 0 Å². The third kappa shape index (κ3) is 3.14. The van der Waals surface area contributed by atoms with Crippen LogP contribution in [0.1, 0.15) is 44.6 Å². The number of aliphatic carboxylic acids is 1. The molecule has 0 atom stereocenters. The molecule has 20 heavy (non-hydrogen) atoms. The molecule has 0 bridgehead atoms. The largest absolute Gasteiger partial charge is 0.481 e. The minimum absolute atomic E-state index is 0.558. The van der Waals surface area contributed by atoms with Crippen molar-refractivity contribution < 1.29 is 9.90 Å². The fourth-order valence-corrected chi connectivity index (χ4v) is 3.24. The Morgan fingerprint density at radius 3 is 2.55 bits per heavy atom. The second-order valence-electron chi connectivity index (χ2n) is 6.00. The lowest BCUT2D eigenvalue weighted by Gasteiger charge is -2.38. The number of nitrogens with zero attached hydrogens (tertiary/aromatic N) is 1. The van der Waals surface area contributed by atoms with Gasteiger partial charge < -0.3 is 10.0 Å². The van der Waals surface area contributed by atoms with Gasteiger partial charge in [0.05, 0.1) is 5.41 Å². The van der Waals surface area contributed by atoms with E-state index in [2.05, 4.69) is 36.9 Å². The molecule has 0 unspecified atom stereocenters. The highest BCUT2D eigenvalue weighted by Gasteiger charge is 2.40. The van der Waals surface area contributed by atoms with E-state index in [-0.39, 0.29) is 0 Å². The third-order valence-electron chi connectivity index (χ3n) is 4.51. The van der Waals surface area contributed by atoms with Gasteiger partial charge in [0.2, 0.25) is 0 Å². The Morgan fingerprint density at radius 1 is 1.30 bits per heavy atom. The highest BCUT2D eigenvalue weighted by atomic mass is 16.4. The molecule has 0 aromatic heterocycles. The summed E-state index contributed by atoms with van der Waals surface area (Å²) in [6, 6.07) is 8.34. The van der Waals surface area contributed by atoms with Crippen LogP contribution in [0.15, 0.2) is 24.3 Å². The summed E-state index contributed by atoms with van der Waals surface area (Å²) in [6.45, 7) is 5.65. The van der Waals surface area contributed by atoms with E-state index < -0.39 is 11.4 Å². The van der Waals surface area contributed by atoms with E-state index >= 15 is 0 Å². The Kier molecular flexibility index (Phi) is 4.69. The van der Waals surface area contributed by atoms with Crippen molar-refractivity contribution in [1.82, 2.24) is 0 Å². The van der Waals surface area contributed by atoms with E-state index in [0.29, 0.717) is 6.54 Å². The van der Waals surface area contributed by atoms with Crippen LogP contribution in [0.2, 0.25) is 0 Å². The predicted molar refractivity (Wildman–Crippen MR) is 82.2 cm³/mol. The van der Waals surface area contributed by atoms with Crippen molar-refractivity contribution in [1.29, 1.82) is 0 Å². The summed E-state index contributed by atoms with van der Waals surface area (Å²) in [7, 11) is 0. The first-order valence-corrected chi connectivity index (χ1v) is 7.62. The number of benzene rings is 1. The number of hydrogen-bond donors (Lipinski definition) is 1. The first-order valence-electron chi connectivity index (χ1n) is 7.62. The smallest absolute Gasteiger partial charge is 0.311 e. The summed E-state index contributed by atoms with van der Waals surface area (Å²) in [5.74, 6) is -0.622. The molecule has 1 aliphatic carbocycles. The van der Waals surface area contributed by atoms with Gasteiger partial charge in [-0.1, -0.05) is 31.4 Å². The molecule has 1 fully saturated rings. The van der Waals surface area contributed by atoms with Gasteiger partial charge in [0.15, 0.2) is 0 Å². The number of rotatable bonds is 5. The zero-order valence-corrected chi connectivity index (χ0v) is 12.6. The van der Waals surface area contributed by atoms with E-state index in [0.717, 1.165) is 37.9 Å². The molecule has 1 saturated carbocycles. The lowest BCUT2D eigenvalue weighted by atomic mass is 9.73. The van der Waals surface area contributed by atoms with Gasteiger partial charge >= 0.3 is 5.97 Å². The zero-order valence-electron chi connectivity index (χ0n) is 12.6. The number of carbonyl (C=O) groups is 1. The average Bonchev–Trinajstić information content (AvgIpc) is 2.45. The first-order chi connectivity index (χ1) is 9.57. The van der Waals surface area contributed by atoms with Crippen LogP contribution in [0, 0.1) is 12.3 Å². The van der Waals surface area contributed by atoms with Crippen molar-refractivity contribution in [2.75, 3.05) is 18.0 Å². The maximum absolute atomic E-state index is 11.8. The Balaban J connectivity index is 2.21. The van der Waals surface area contributed by atoms with E-state index in [1.54, 1.807) is 0 Å². The van der Waals surface area contributed by atoms with Crippen LogP contribution in [-0.2, 0) is 4.79 Å². The maximum Gasteiger partial charge on any atom is 0.311 e.